The molecule has 4 unspecified atom stereocenters. The number of nitrogens with one attached hydrogen (secondary N) is 2. The number of nitrogen functional groups attached to an aromatic ring is 1. The monoisotopic (exact) mass is 823 g/mol. The highest BCUT2D eigenvalue weighted by Crippen LogP contribution is 2.61. The average Bonchev–Trinajstić information content (AvgIpc) is 3.56. The summed E-state index contributed by atoms with van der Waals surface area (Å²) in [4.78, 5) is 75.4. The largest absolute Gasteiger partial charge is 0.481 e. The van der Waals surface area contributed by atoms with E-state index in [-0.39, 0.29) is 40.6 Å². The highest BCUT2D eigenvalue weighted by Gasteiger charge is 2.50. The first-order valence-electron chi connectivity index (χ1n) is 15.3. The van der Waals surface area contributed by atoms with Crippen LogP contribution >= 0.6 is 35.2 Å². The highest BCUT2D eigenvalue weighted by atomic mass is 32.2. The molecule has 3 rings (SSSR count). The number of amides is 2. The number of hydrogen-bond acceptors (Lipinski definition) is 17. The predicted octanol–water partition coefficient (Wildman–Crippen LogP) is -0.0634. The first-order chi connectivity index (χ1) is 23.8. The van der Waals surface area contributed by atoms with Gasteiger partial charge in [-0.15, -0.1) is 0 Å². The second-order valence-corrected chi connectivity index (χ2v) is 19.2. The molecule has 1 aliphatic rings. The Morgan fingerprint density at radius 3 is 2.33 bits per heavy atom. The summed E-state index contributed by atoms with van der Waals surface area (Å²) in [5.41, 5.74) is 4.31. The van der Waals surface area contributed by atoms with Crippen LogP contribution in [0.4, 0.5) is 5.82 Å². The van der Waals surface area contributed by atoms with E-state index in [1.165, 1.54) is 13.8 Å². The molecule has 0 bridgehead atoms. The molecule has 3 heterocycles. The number of imidazole rings is 1. The van der Waals surface area contributed by atoms with Crippen LogP contribution in [-0.2, 0) is 45.9 Å². The van der Waals surface area contributed by atoms with Crippen molar-refractivity contribution < 1.29 is 75.7 Å². The highest BCUT2D eigenvalue weighted by molar-refractivity contribution is 8.00. The Morgan fingerprint density at radius 2 is 1.69 bits per heavy atom. The number of nitrogens with two attached hydrogens (primary N) is 1. The van der Waals surface area contributed by atoms with Gasteiger partial charge in [-0.1, -0.05) is 34.6 Å². The van der Waals surface area contributed by atoms with Crippen molar-refractivity contribution in [3.05, 3.63) is 12.7 Å². The number of hydrogen-bond donors (Lipinski definition) is 9. The second-order valence-electron chi connectivity index (χ2n) is 13.0. The fourth-order valence-corrected chi connectivity index (χ4v) is 8.13. The third-order valence-corrected chi connectivity index (χ3v) is 11.4. The summed E-state index contributed by atoms with van der Waals surface area (Å²) in [6, 6.07) is 0. The molecular weight excluding hydrogens is 779 g/mol. The fraction of sp³-hybridized carbons (Fsp3) is 0.720. The number of nitrogens with zero attached hydrogens (tertiary/aromatic N) is 4. The lowest BCUT2D eigenvalue weighted by atomic mass is 9.87. The molecule has 2 aromatic rings. The van der Waals surface area contributed by atoms with Crippen molar-refractivity contribution in [3.8, 4) is 0 Å². The van der Waals surface area contributed by atoms with E-state index < -0.39 is 78.6 Å². The molecule has 1 fully saturated rings. The Kier molecular flexibility index (Phi) is 15.0. The van der Waals surface area contributed by atoms with E-state index in [0.29, 0.717) is 12.3 Å². The molecule has 1 saturated heterocycles. The average molecular weight is 824 g/mol. The van der Waals surface area contributed by atoms with Crippen LogP contribution < -0.4 is 16.4 Å². The molecule has 52 heavy (non-hydrogen) atoms. The topological polar surface area (TPSA) is 347 Å². The molecule has 0 aromatic carbocycles. The van der Waals surface area contributed by atoms with Crippen molar-refractivity contribution in [1.29, 1.82) is 0 Å². The van der Waals surface area contributed by atoms with Gasteiger partial charge in [-0.3, -0.25) is 27.7 Å². The standard InChI is InChI=1S/C25H44N7O16P3S/c1-24(2,3)52-9-8-27-15(33)6-7-28-22(36)19(35)25(4,5)11-45-51(42,43)48-50(40,41)44-10-14-18(47-49(37,38)39)17(34)23(46-14)32-13-31-16-20(26)29-12-30-21(16)32/h12-14,17-19,23,34-35H,6-11H2,1-5H3,(H,27,33)(H,28,36)(H,40,41)(H,42,43)(H2,26,29,30)(H2,37,38,39)/t14-,17?,18+,19?,23-/m1/s1. The van der Waals surface area contributed by atoms with Crippen LogP contribution in [0.5, 0.6) is 0 Å². The van der Waals surface area contributed by atoms with Crippen LogP contribution in [0.2, 0.25) is 0 Å². The van der Waals surface area contributed by atoms with Crippen molar-refractivity contribution in [2.45, 2.75) is 76.4 Å². The minimum Gasteiger partial charge on any atom is -0.386 e. The number of aliphatic hydroxyl groups is 2. The number of aromatic nitrogens is 4. The summed E-state index contributed by atoms with van der Waals surface area (Å²) >= 11 is 1.67. The van der Waals surface area contributed by atoms with Crippen LogP contribution in [0, 0.1) is 5.41 Å². The van der Waals surface area contributed by atoms with E-state index in [2.05, 4.69) is 34.4 Å². The molecule has 0 saturated carbocycles. The lowest BCUT2D eigenvalue weighted by Gasteiger charge is -2.30. The van der Waals surface area contributed by atoms with Crippen LogP contribution in [0.3, 0.4) is 0 Å². The first-order valence-corrected chi connectivity index (χ1v) is 20.8. The molecule has 2 aromatic heterocycles. The molecule has 7 atom stereocenters. The molecule has 296 valence electrons. The van der Waals surface area contributed by atoms with Crippen LogP contribution in [0.15, 0.2) is 12.7 Å². The first kappa shape index (κ1) is 44.3. The number of anilines is 1. The van der Waals surface area contributed by atoms with Crippen molar-refractivity contribution in [3.63, 3.8) is 0 Å². The molecule has 2 amide bonds. The molecule has 1 aliphatic heterocycles. The minimum atomic E-state index is -5.54. The van der Waals surface area contributed by atoms with E-state index in [1.807, 2.05) is 20.8 Å². The van der Waals surface area contributed by atoms with Gasteiger partial charge < -0.3 is 50.9 Å². The van der Waals surface area contributed by atoms with E-state index in [0.717, 1.165) is 17.2 Å². The molecule has 0 spiro atoms. The van der Waals surface area contributed by atoms with Gasteiger partial charge in [-0.05, 0) is 0 Å². The van der Waals surface area contributed by atoms with Gasteiger partial charge in [0.1, 0.15) is 36.3 Å². The smallest absolute Gasteiger partial charge is 0.386 e. The van der Waals surface area contributed by atoms with Crippen LogP contribution in [0.1, 0.15) is 47.3 Å². The van der Waals surface area contributed by atoms with E-state index in [4.69, 9.17) is 19.5 Å². The molecule has 10 N–H and O–H groups in total. The molecule has 23 nitrogen and oxygen atoms in total. The van der Waals surface area contributed by atoms with E-state index in [1.54, 1.807) is 11.8 Å². The van der Waals surface area contributed by atoms with E-state index in [9.17, 15) is 53.1 Å². The Balaban J connectivity index is 1.54. The Morgan fingerprint density at radius 1 is 1.04 bits per heavy atom. The van der Waals surface area contributed by atoms with Crippen molar-refractivity contribution in [2.75, 3.05) is 37.8 Å². The number of fused-ring (bicyclic) bond motifs is 1. The quantitative estimate of drug-likeness (QED) is 0.0661. The lowest BCUT2D eigenvalue weighted by Crippen LogP contribution is -2.46. The number of phosphoric ester groups is 3. The minimum absolute atomic E-state index is 0.0348. The molecule has 0 aliphatic carbocycles. The van der Waals surface area contributed by atoms with Crippen LogP contribution in [0.25, 0.3) is 11.2 Å². The zero-order valence-electron chi connectivity index (χ0n) is 28.7. The lowest BCUT2D eigenvalue weighted by molar-refractivity contribution is -0.137. The van der Waals surface area contributed by atoms with Crippen molar-refractivity contribution in [2.24, 2.45) is 5.41 Å². The van der Waals surface area contributed by atoms with Gasteiger partial charge in [0.15, 0.2) is 17.7 Å². The summed E-state index contributed by atoms with van der Waals surface area (Å²) in [6.07, 6.45) is -6.71. The zero-order valence-corrected chi connectivity index (χ0v) is 32.2. The van der Waals surface area contributed by atoms with Gasteiger partial charge in [0.2, 0.25) is 11.8 Å². The Hall–Kier alpha value is -2.11. The number of carbonyl (C=O) groups excluding carboxylic acids is 2. The van der Waals surface area contributed by atoms with Gasteiger partial charge in [0.05, 0.1) is 19.5 Å². The summed E-state index contributed by atoms with van der Waals surface area (Å²) < 4.78 is 62.1. The predicted molar refractivity (Wildman–Crippen MR) is 182 cm³/mol. The van der Waals surface area contributed by atoms with Crippen molar-refractivity contribution >= 4 is 64.0 Å². The van der Waals surface area contributed by atoms with Crippen molar-refractivity contribution in [1.82, 2.24) is 30.2 Å². The molecule has 27 heteroatoms. The normalized spacial score (nSPS) is 22.8. The number of phosphoric acid groups is 3. The van der Waals surface area contributed by atoms with Gasteiger partial charge in [0.25, 0.3) is 0 Å². The second kappa shape index (κ2) is 17.6. The number of rotatable bonds is 19. The van der Waals surface area contributed by atoms with Gasteiger partial charge in [-0.25, -0.2) is 28.6 Å². The summed E-state index contributed by atoms with van der Waals surface area (Å²) in [5.74, 6) is -0.601. The van der Waals surface area contributed by atoms with Crippen LogP contribution in [-0.4, -0.2) is 122 Å². The number of carbonyl (C=O) groups is 2. The maximum atomic E-state index is 12.6. The Bertz CT molecular complexity index is 1710. The summed E-state index contributed by atoms with van der Waals surface area (Å²) in [5, 5.41) is 26.5. The van der Waals surface area contributed by atoms with E-state index >= 15 is 0 Å². The zero-order chi connectivity index (χ0) is 39.3. The summed E-state index contributed by atoms with van der Waals surface area (Å²) in [7, 11) is -16.3. The maximum absolute atomic E-state index is 12.6. The summed E-state index contributed by atoms with van der Waals surface area (Å²) in [6.45, 7) is 7.01. The fourth-order valence-electron chi connectivity index (χ4n) is 4.49. The van der Waals surface area contributed by atoms with Gasteiger partial charge in [0, 0.05) is 35.4 Å². The molecular formula is C25H44N7O16P3S. The Labute approximate surface area is 301 Å². The third-order valence-electron chi connectivity index (χ3n) is 7.04. The SMILES string of the molecule is CC(C)(C)SCCNC(=O)CCNC(=O)C(O)C(C)(C)COP(=O)(O)OP(=O)(O)OC[C@H]1O[C@@H](n2cnc3c(N)ncnc32)C(O)[C@H]1OP(=O)(O)O. The number of ether oxygens (including phenoxy) is 1. The third kappa shape index (κ3) is 13.3. The maximum Gasteiger partial charge on any atom is 0.481 e. The van der Waals surface area contributed by atoms with Gasteiger partial charge >= 0.3 is 23.5 Å². The number of aliphatic hydroxyl groups excluding tert-OH is 2. The van der Waals surface area contributed by atoms with Gasteiger partial charge in [-0.2, -0.15) is 16.1 Å². The number of thioether (sulfide) groups is 1. The molecule has 0 radical (unpaired) electrons.